The van der Waals surface area contributed by atoms with Crippen molar-refractivity contribution in [3.63, 3.8) is 0 Å². The second-order valence-electron chi connectivity index (χ2n) is 7.12. The van der Waals surface area contributed by atoms with Crippen molar-refractivity contribution in [2.24, 2.45) is 4.99 Å². The summed E-state index contributed by atoms with van der Waals surface area (Å²) >= 11 is 0. The number of carbonyl (C=O) groups is 1. The molecule has 2 aliphatic heterocycles. The number of rotatable bonds is 5. The molecule has 1 unspecified atom stereocenters. The maximum Gasteiger partial charge on any atom is 0.416 e. The maximum atomic E-state index is 15.0. The lowest BCUT2D eigenvalue weighted by Gasteiger charge is -2.26. The molecule has 9 heteroatoms. The SMILES string of the molecule is COc1cc(C2CC(=O)NC3=NCC=C32)c(F)cc1OCc1ccccc1C(F)(F)F. The zero-order valence-electron chi connectivity index (χ0n) is 16.4. The average Bonchev–Trinajstić information content (AvgIpc) is 3.19. The maximum absolute atomic E-state index is 15.0. The predicted octanol–water partition coefficient (Wildman–Crippen LogP) is 4.37. The molecule has 5 nitrogen and oxygen atoms in total. The van der Waals surface area contributed by atoms with Crippen molar-refractivity contribution in [3.05, 3.63) is 70.6 Å². The smallest absolute Gasteiger partial charge is 0.416 e. The van der Waals surface area contributed by atoms with E-state index in [4.69, 9.17) is 9.47 Å². The van der Waals surface area contributed by atoms with Crippen LogP contribution in [0.4, 0.5) is 17.6 Å². The number of methoxy groups -OCH3 is 1. The Morgan fingerprint density at radius 3 is 2.71 bits per heavy atom. The summed E-state index contributed by atoms with van der Waals surface area (Å²) in [6.45, 7) is -0.0152. The lowest BCUT2D eigenvalue weighted by atomic mass is 9.84. The molecule has 162 valence electrons. The number of ether oxygens (including phenoxy) is 2. The van der Waals surface area contributed by atoms with Gasteiger partial charge in [-0.3, -0.25) is 9.79 Å². The summed E-state index contributed by atoms with van der Waals surface area (Å²) < 4.78 is 65.4. The van der Waals surface area contributed by atoms with Gasteiger partial charge in [0.1, 0.15) is 18.3 Å². The lowest BCUT2D eigenvalue weighted by Crippen LogP contribution is -2.39. The highest BCUT2D eigenvalue weighted by Crippen LogP contribution is 2.40. The second-order valence-corrected chi connectivity index (χ2v) is 7.12. The van der Waals surface area contributed by atoms with Crippen molar-refractivity contribution in [3.8, 4) is 11.5 Å². The van der Waals surface area contributed by atoms with E-state index in [1.807, 2.05) is 6.08 Å². The number of benzene rings is 2. The first-order chi connectivity index (χ1) is 14.8. The first-order valence-corrected chi connectivity index (χ1v) is 9.48. The number of amidine groups is 1. The van der Waals surface area contributed by atoms with Crippen LogP contribution in [0.25, 0.3) is 0 Å². The Labute approximate surface area is 175 Å². The number of piperidine rings is 1. The molecule has 1 fully saturated rings. The number of nitrogens with one attached hydrogen (secondary N) is 1. The van der Waals surface area contributed by atoms with Crippen molar-refractivity contribution in [1.82, 2.24) is 5.32 Å². The molecule has 0 saturated carbocycles. The zero-order chi connectivity index (χ0) is 22.2. The zero-order valence-corrected chi connectivity index (χ0v) is 16.4. The molecule has 2 aromatic rings. The van der Waals surface area contributed by atoms with Crippen molar-refractivity contribution in [1.29, 1.82) is 0 Å². The van der Waals surface area contributed by atoms with Gasteiger partial charge in [-0.25, -0.2) is 4.39 Å². The summed E-state index contributed by atoms with van der Waals surface area (Å²) in [5.74, 6) is -0.899. The number of nitrogens with zero attached hydrogens (tertiary/aromatic N) is 1. The van der Waals surface area contributed by atoms with Crippen LogP contribution >= 0.6 is 0 Å². The first-order valence-electron chi connectivity index (χ1n) is 9.48. The van der Waals surface area contributed by atoms with Crippen LogP contribution in [0.15, 0.2) is 53.0 Å². The van der Waals surface area contributed by atoms with E-state index in [1.54, 1.807) is 0 Å². The minimum absolute atomic E-state index is 0.0321. The molecule has 1 N–H and O–H groups in total. The van der Waals surface area contributed by atoms with E-state index in [9.17, 15) is 18.0 Å². The molecule has 2 heterocycles. The van der Waals surface area contributed by atoms with Crippen LogP contribution in [-0.4, -0.2) is 25.4 Å². The van der Waals surface area contributed by atoms with E-state index in [1.165, 1.54) is 31.4 Å². The molecule has 2 aliphatic rings. The summed E-state index contributed by atoms with van der Waals surface area (Å²) in [7, 11) is 1.35. The van der Waals surface area contributed by atoms with Gasteiger partial charge in [-0.15, -0.1) is 0 Å². The molecule has 1 saturated heterocycles. The van der Waals surface area contributed by atoms with Gasteiger partial charge >= 0.3 is 6.18 Å². The van der Waals surface area contributed by atoms with Gasteiger partial charge in [0.05, 0.1) is 19.2 Å². The van der Waals surface area contributed by atoms with Crippen LogP contribution in [0.3, 0.4) is 0 Å². The largest absolute Gasteiger partial charge is 0.493 e. The fourth-order valence-corrected chi connectivity index (χ4v) is 3.77. The molecule has 0 aromatic heterocycles. The minimum atomic E-state index is -4.53. The number of carbonyl (C=O) groups excluding carboxylic acids is 1. The van der Waals surface area contributed by atoms with Crippen LogP contribution in [-0.2, 0) is 17.6 Å². The van der Waals surface area contributed by atoms with Gasteiger partial charge in [-0.2, -0.15) is 13.2 Å². The molecule has 31 heavy (non-hydrogen) atoms. The third-order valence-electron chi connectivity index (χ3n) is 5.22. The third kappa shape index (κ3) is 4.12. The standard InChI is InChI=1S/C22H18F4N2O3/c1-30-18-8-15(14-9-20(29)28-21-13(14)6-7-27-21)17(23)10-19(18)31-11-12-4-2-3-5-16(12)22(24,25)26/h2-6,8,10,14H,7,9,11H2,1H3,(H,27,28,29). The normalized spacial score (nSPS) is 18.1. The Kier molecular flexibility index (Phi) is 5.43. The number of aliphatic imine (C=N–C) groups is 1. The van der Waals surface area contributed by atoms with E-state index in [0.29, 0.717) is 12.4 Å². The summed E-state index contributed by atoms with van der Waals surface area (Å²) in [5.41, 5.74) is 0.0608. The molecule has 0 radical (unpaired) electrons. The Balaban J connectivity index is 1.62. The van der Waals surface area contributed by atoms with E-state index in [2.05, 4.69) is 10.3 Å². The second kappa shape index (κ2) is 8.05. The Morgan fingerprint density at radius 1 is 1.19 bits per heavy atom. The monoisotopic (exact) mass is 434 g/mol. The molecule has 0 spiro atoms. The van der Waals surface area contributed by atoms with Crippen molar-refractivity contribution in [2.45, 2.75) is 25.1 Å². The predicted molar refractivity (Wildman–Crippen MR) is 105 cm³/mol. The van der Waals surface area contributed by atoms with Crippen molar-refractivity contribution >= 4 is 11.7 Å². The van der Waals surface area contributed by atoms with E-state index >= 15 is 4.39 Å². The van der Waals surface area contributed by atoms with Gasteiger partial charge in [-0.1, -0.05) is 24.3 Å². The molecule has 0 aliphatic carbocycles. The molecule has 2 aromatic carbocycles. The van der Waals surface area contributed by atoms with Crippen LogP contribution < -0.4 is 14.8 Å². The number of alkyl halides is 3. The molecular weight excluding hydrogens is 416 g/mol. The third-order valence-corrected chi connectivity index (χ3v) is 5.22. The highest BCUT2D eigenvalue weighted by Gasteiger charge is 2.35. The van der Waals surface area contributed by atoms with Gasteiger partial charge < -0.3 is 14.8 Å². The first kappa shape index (κ1) is 20.9. The topological polar surface area (TPSA) is 59.9 Å². The Hall–Kier alpha value is -3.36. The Morgan fingerprint density at radius 2 is 1.97 bits per heavy atom. The van der Waals surface area contributed by atoms with Crippen molar-refractivity contribution < 1.29 is 31.8 Å². The number of amides is 1. The van der Waals surface area contributed by atoms with Crippen LogP contribution in [0.5, 0.6) is 11.5 Å². The summed E-state index contributed by atoms with van der Waals surface area (Å²) in [6, 6.07) is 7.51. The minimum Gasteiger partial charge on any atom is -0.493 e. The Bertz CT molecular complexity index is 1090. The van der Waals surface area contributed by atoms with E-state index < -0.39 is 30.1 Å². The summed E-state index contributed by atoms with van der Waals surface area (Å²) in [5, 5.41) is 2.67. The van der Waals surface area contributed by atoms with Gasteiger partial charge in [0.15, 0.2) is 11.5 Å². The molecule has 1 amide bonds. The summed E-state index contributed by atoms with van der Waals surface area (Å²) in [4.78, 5) is 16.2. The van der Waals surface area contributed by atoms with Crippen LogP contribution in [0, 0.1) is 5.82 Å². The van der Waals surface area contributed by atoms with E-state index in [-0.39, 0.29) is 35.0 Å². The lowest BCUT2D eigenvalue weighted by molar-refractivity contribution is -0.138. The number of hydrogen-bond acceptors (Lipinski definition) is 4. The van der Waals surface area contributed by atoms with Crippen LogP contribution in [0.1, 0.15) is 29.0 Å². The van der Waals surface area contributed by atoms with Gasteiger partial charge in [-0.05, 0) is 17.7 Å². The van der Waals surface area contributed by atoms with Crippen LogP contribution in [0.2, 0.25) is 0 Å². The number of hydrogen-bond donors (Lipinski definition) is 1. The van der Waals surface area contributed by atoms with Gasteiger partial charge in [0.2, 0.25) is 5.91 Å². The van der Waals surface area contributed by atoms with E-state index in [0.717, 1.165) is 17.7 Å². The van der Waals surface area contributed by atoms with Gasteiger partial charge in [0, 0.05) is 29.5 Å². The number of fused-ring (bicyclic) bond motifs is 1. The highest BCUT2D eigenvalue weighted by atomic mass is 19.4. The fourth-order valence-electron chi connectivity index (χ4n) is 3.77. The summed E-state index contributed by atoms with van der Waals surface area (Å²) in [6.07, 6.45) is -2.66. The molecule has 0 bridgehead atoms. The van der Waals surface area contributed by atoms with Gasteiger partial charge in [0.25, 0.3) is 0 Å². The molecule has 1 atom stereocenters. The molecule has 4 rings (SSSR count). The van der Waals surface area contributed by atoms with Crippen molar-refractivity contribution in [2.75, 3.05) is 13.7 Å². The quantitative estimate of drug-likeness (QED) is 0.711. The number of halogens is 4. The fraction of sp³-hybridized carbons (Fsp3) is 0.273. The highest BCUT2D eigenvalue weighted by molar-refractivity contribution is 6.12. The average molecular weight is 434 g/mol. The molecular formula is C22H18F4N2O3.